The topological polar surface area (TPSA) is 78.0 Å². The van der Waals surface area contributed by atoms with E-state index in [-0.39, 0.29) is 11.9 Å². The Hall–Kier alpha value is -2.70. The van der Waals surface area contributed by atoms with Gasteiger partial charge in [0.2, 0.25) is 5.91 Å². The van der Waals surface area contributed by atoms with Crippen LogP contribution in [-0.4, -0.2) is 58.1 Å². The molecule has 7 heteroatoms. The molecule has 1 aliphatic heterocycles. The van der Waals surface area contributed by atoms with Gasteiger partial charge < -0.3 is 4.90 Å². The quantitative estimate of drug-likeness (QED) is 0.586. The molecule has 5 amide bonds. The summed E-state index contributed by atoms with van der Waals surface area (Å²) in [6.45, 7) is 3.95. The molecule has 2 fully saturated rings. The highest BCUT2D eigenvalue weighted by molar-refractivity contribution is 6.45. The average Bonchev–Trinajstić information content (AvgIpc) is 3.21. The van der Waals surface area contributed by atoms with Crippen LogP contribution in [0.3, 0.4) is 0 Å². The molecule has 144 valence electrons. The number of carbonyl (C=O) groups is 4. The molecule has 1 aromatic carbocycles. The normalized spacial score (nSPS) is 18.0. The highest BCUT2D eigenvalue weighted by Gasteiger charge is 2.48. The molecule has 0 atom stereocenters. The van der Waals surface area contributed by atoms with Crippen molar-refractivity contribution in [3.63, 3.8) is 0 Å². The Morgan fingerprint density at radius 1 is 1.11 bits per heavy atom. The maximum atomic E-state index is 12.6. The van der Waals surface area contributed by atoms with Gasteiger partial charge in [-0.3, -0.25) is 19.3 Å². The highest BCUT2D eigenvalue weighted by atomic mass is 16.2. The minimum absolute atomic E-state index is 0.220. The van der Waals surface area contributed by atoms with Gasteiger partial charge >= 0.3 is 17.8 Å². The van der Waals surface area contributed by atoms with Crippen LogP contribution in [0.15, 0.2) is 18.2 Å². The summed E-state index contributed by atoms with van der Waals surface area (Å²) in [5, 5.41) is 0. The van der Waals surface area contributed by atoms with Crippen molar-refractivity contribution in [2.45, 2.75) is 52.1 Å². The number of nitrogens with zero attached hydrogens (tertiary/aromatic N) is 3. The molecule has 0 bridgehead atoms. The average molecular weight is 371 g/mol. The maximum Gasteiger partial charge on any atom is 0.334 e. The molecule has 0 unspecified atom stereocenters. The minimum atomic E-state index is -0.903. The first-order chi connectivity index (χ1) is 12.8. The molecule has 0 radical (unpaired) electrons. The lowest BCUT2D eigenvalue weighted by Crippen LogP contribution is -2.43. The molecular formula is C20H25N3O4. The third-order valence-corrected chi connectivity index (χ3v) is 5.40. The van der Waals surface area contributed by atoms with Gasteiger partial charge in [0.25, 0.3) is 0 Å². The van der Waals surface area contributed by atoms with Gasteiger partial charge in [0.15, 0.2) is 0 Å². The van der Waals surface area contributed by atoms with E-state index in [1.54, 1.807) is 7.05 Å². The second-order valence-electron chi connectivity index (χ2n) is 7.47. The van der Waals surface area contributed by atoms with E-state index in [0.717, 1.165) is 52.2 Å². The zero-order valence-corrected chi connectivity index (χ0v) is 16.0. The maximum absolute atomic E-state index is 12.6. The van der Waals surface area contributed by atoms with E-state index >= 15 is 0 Å². The number of benzene rings is 1. The fourth-order valence-corrected chi connectivity index (χ4v) is 3.77. The van der Waals surface area contributed by atoms with Gasteiger partial charge in [0.1, 0.15) is 6.54 Å². The molecule has 0 spiro atoms. The Kier molecular flexibility index (Phi) is 5.30. The number of likely N-dealkylation sites (N-methyl/N-ethyl adjacent to an activating group) is 1. The summed E-state index contributed by atoms with van der Waals surface area (Å²) in [6.07, 6.45) is 3.32. The van der Waals surface area contributed by atoms with Crippen LogP contribution in [-0.2, 0) is 20.9 Å². The van der Waals surface area contributed by atoms with Crippen LogP contribution < -0.4 is 0 Å². The molecule has 1 aliphatic carbocycles. The summed E-state index contributed by atoms with van der Waals surface area (Å²) >= 11 is 0. The van der Waals surface area contributed by atoms with Gasteiger partial charge in [-0.15, -0.1) is 0 Å². The zero-order chi connectivity index (χ0) is 19.7. The van der Waals surface area contributed by atoms with Gasteiger partial charge in [-0.05, 0) is 37.8 Å². The van der Waals surface area contributed by atoms with E-state index in [9.17, 15) is 19.2 Å². The van der Waals surface area contributed by atoms with Crippen molar-refractivity contribution in [1.29, 1.82) is 0 Å². The summed E-state index contributed by atoms with van der Waals surface area (Å²) in [5.41, 5.74) is 3.22. The molecule has 27 heavy (non-hydrogen) atoms. The first-order valence-electron chi connectivity index (χ1n) is 9.28. The number of hydrogen-bond donors (Lipinski definition) is 0. The summed E-state index contributed by atoms with van der Waals surface area (Å²) in [6, 6.07) is 5.10. The van der Waals surface area contributed by atoms with Crippen molar-refractivity contribution in [3.8, 4) is 0 Å². The predicted molar refractivity (Wildman–Crippen MR) is 98.6 cm³/mol. The molecule has 0 aromatic heterocycles. The van der Waals surface area contributed by atoms with Crippen molar-refractivity contribution in [3.05, 3.63) is 34.9 Å². The van der Waals surface area contributed by atoms with Gasteiger partial charge in [0.05, 0.1) is 0 Å². The summed E-state index contributed by atoms with van der Waals surface area (Å²) in [5.74, 6) is -2.09. The SMILES string of the molecule is Cc1ccc(CN(C)C(=O)CN2C(=O)C(=O)N(C3CCCC3)C2=O)c(C)c1. The van der Waals surface area contributed by atoms with Crippen LogP contribution in [0.4, 0.5) is 4.79 Å². The molecule has 1 aromatic rings. The minimum Gasteiger partial charge on any atom is -0.340 e. The van der Waals surface area contributed by atoms with Crippen LogP contribution in [0.5, 0.6) is 0 Å². The second-order valence-corrected chi connectivity index (χ2v) is 7.47. The van der Waals surface area contributed by atoms with Crippen LogP contribution >= 0.6 is 0 Å². The van der Waals surface area contributed by atoms with E-state index in [1.807, 2.05) is 32.0 Å². The van der Waals surface area contributed by atoms with Crippen LogP contribution in [0.1, 0.15) is 42.4 Å². The van der Waals surface area contributed by atoms with Crippen molar-refractivity contribution in [2.24, 2.45) is 0 Å². The van der Waals surface area contributed by atoms with Crippen molar-refractivity contribution in [1.82, 2.24) is 14.7 Å². The Morgan fingerprint density at radius 3 is 2.41 bits per heavy atom. The van der Waals surface area contributed by atoms with Crippen molar-refractivity contribution < 1.29 is 19.2 Å². The second kappa shape index (κ2) is 7.50. The van der Waals surface area contributed by atoms with Crippen LogP contribution in [0.2, 0.25) is 0 Å². The molecular weight excluding hydrogens is 346 g/mol. The van der Waals surface area contributed by atoms with Gasteiger partial charge in [-0.1, -0.05) is 36.6 Å². The first kappa shape index (κ1) is 19.1. The first-order valence-corrected chi connectivity index (χ1v) is 9.28. The monoisotopic (exact) mass is 371 g/mol. The smallest absolute Gasteiger partial charge is 0.334 e. The molecule has 1 heterocycles. The number of urea groups is 1. The van der Waals surface area contributed by atoms with E-state index in [4.69, 9.17) is 0 Å². The Labute approximate surface area is 158 Å². The van der Waals surface area contributed by atoms with Crippen LogP contribution in [0.25, 0.3) is 0 Å². The summed E-state index contributed by atoms with van der Waals surface area (Å²) in [4.78, 5) is 52.9. The van der Waals surface area contributed by atoms with E-state index in [0.29, 0.717) is 6.54 Å². The van der Waals surface area contributed by atoms with Gasteiger partial charge in [-0.2, -0.15) is 0 Å². The molecule has 3 rings (SSSR count). The molecule has 1 saturated carbocycles. The lowest BCUT2D eigenvalue weighted by Gasteiger charge is -2.23. The summed E-state index contributed by atoms with van der Waals surface area (Å²) < 4.78 is 0. The third-order valence-electron chi connectivity index (χ3n) is 5.40. The van der Waals surface area contributed by atoms with Gasteiger partial charge in [-0.25, -0.2) is 9.69 Å². The zero-order valence-electron chi connectivity index (χ0n) is 16.0. The number of amides is 5. The fraction of sp³-hybridized carbons (Fsp3) is 0.500. The lowest BCUT2D eigenvalue weighted by molar-refractivity contribution is -0.145. The number of rotatable bonds is 5. The Bertz CT molecular complexity index is 798. The van der Waals surface area contributed by atoms with E-state index < -0.39 is 24.4 Å². The highest BCUT2D eigenvalue weighted by Crippen LogP contribution is 2.27. The molecule has 1 saturated heterocycles. The number of aryl methyl sites for hydroxylation is 2. The molecule has 2 aliphatic rings. The number of hydrogen-bond acceptors (Lipinski definition) is 4. The third kappa shape index (κ3) is 3.72. The van der Waals surface area contributed by atoms with Crippen molar-refractivity contribution >= 4 is 23.8 Å². The summed E-state index contributed by atoms with van der Waals surface area (Å²) in [7, 11) is 1.63. The Balaban J connectivity index is 1.66. The van der Waals surface area contributed by atoms with E-state index in [2.05, 4.69) is 0 Å². The van der Waals surface area contributed by atoms with E-state index in [1.165, 1.54) is 4.90 Å². The fourth-order valence-electron chi connectivity index (χ4n) is 3.77. The van der Waals surface area contributed by atoms with Crippen molar-refractivity contribution in [2.75, 3.05) is 13.6 Å². The van der Waals surface area contributed by atoms with Gasteiger partial charge in [0, 0.05) is 19.6 Å². The number of carbonyl (C=O) groups excluding carboxylic acids is 4. The molecule has 7 nitrogen and oxygen atoms in total. The predicted octanol–water partition coefficient (Wildman–Crippen LogP) is 2.00. The largest absolute Gasteiger partial charge is 0.340 e. The number of imide groups is 2. The Morgan fingerprint density at radius 2 is 1.78 bits per heavy atom. The molecule has 0 N–H and O–H groups in total. The van der Waals surface area contributed by atoms with Crippen LogP contribution in [0, 0.1) is 13.8 Å². The standard InChI is InChI=1S/C20H25N3O4/c1-13-8-9-15(14(2)10-13)11-21(3)17(24)12-22-18(25)19(26)23(20(22)27)16-6-4-5-7-16/h8-10,16H,4-7,11-12H2,1-3H3. The lowest BCUT2D eigenvalue weighted by atomic mass is 10.1.